The molecule has 0 aliphatic carbocycles. The Morgan fingerprint density at radius 2 is 2.30 bits per heavy atom. The fourth-order valence-corrected chi connectivity index (χ4v) is 1.59. The van der Waals surface area contributed by atoms with Crippen molar-refractivity contribution in [2.45, 2.75) is 26.8 Å². The van der Waals surface area contributed by atoms with Gasteiger partial charge in [0.25, 0.3) is 0 Å². The van der Waals surface area contributed by atoms with Gasteiger partial charge in [0.2, 0.25) is 5.82 Å². The van der Waals surface area contributed by atoms with Crippen LogP contribution in [-0.2, 0) is 4.74 Å². The molecule has 0 saturated carbocycles. The molecule has 1 aromatic heterocycles. The Kier molecular flexibility index (Phi) is 5.87. The van der Waals surface area contributed by atoms with Gasteiger partial charge in [0, 0.05) is 18.9 Å². The number of pyridine rings is 1. The van der Waals surface area contributed by atoms with Gasteiger partial charge in [-0.05, 0) is 12.8 Å². The molecule has 0 aromatic carbocycles. The fraction of sp³-hybridized carbons (Fsp3) is 0.538. The van der Waals surface area contributed by atoms with Gasteiger partial charge in [0.15, 0.2) is 0 Å². The summed E-state index contributed by atoms with van der Waals surface area (Å²) in [7, 11) is 0. The van der Waals surface area contributed by atoms with Crippen molar-refractivity contribution >= 4 is 11.5 Å². The molecule has 1 aromatic rings. The van der Waals surface area contributed by atoms with Crippen LogP contribution in [0.4, 0.5) is 11.5 Å². The summed E-state index contributed by atoms with van der Waals surface area (Å²) in [6.07, 6.45) is 1.31. The summed E-state index contributed by atoms with van der Waals surface area (Å²) < 4.78 is 5.36. The molecular weight excluding hydrogens is 260 g/mol. The van der Waals surface area contributed by atoms with Crippen LogP contribution in [0.2, 0.25) is 0 Å². The first-order valence-electron chi connectivity index (χ1n) is 6.38. The average Bonchev–Trinajstić information content (AvgIpc) is 2.42. The molecule has 7 heteroatoms. The number of nitriles is 1. The van der Waals surface area contributed by atoms with Crippen molar-refractivity contribution in [3.8, 4) is 6.07 Å². The summed E-state index contributed by atoms with van der Waals surface area (Å²) in [6, 6.07) is 2.97. The average molecular weight is 278 g/mol. The summed E-state index contributed by atoms with van der Waals surface area (Å²) in [5.41, 5.74) is -0.0423. The van der Waals surface area contributed by atoms with E-state index in [4.69, 9.17) is 10.00 Å². The lowest BCUT2D eigenvalue weighted by atomic mass is 10.1. The van der Waals surface area contributed by atoms with Crippen molar-refractivity contribution in [1.82, 2.24) is 4.98 Å². The summed E-state index contributed by atoms with van der Waals surface area (Å²) in [6.45, 7) is 6.89. The molecule has 1 N–H and O–H groups in total. The Morgan fingerprint density at radius 3 is 2.80 bits per heavy atom. The standard InChI is InChI=1S/C13H18N4O3/c1-4-20-8-11(9(2)3)16-13-12(17(18)19)5-10(6-14)7-15-13/h5,7,9,11H,4,8H2,1-3H3,(H,15,16). The van der Waals surface area contributed by atoms with Gasteiger partial charge < -0.3 is 10.1 Å². The zero-order valence-corrected chi connectivity index (χ0v) is 11.8. The molecular formula is C13H18N4O3. The Morgan fingerprint density at radius 1 is 1.60 bits per heavy atom. The third-order valence-electron chi connectivity index (χ3n) is 2.82. The van der Waals surface area contributed by atoms with E-state index in [0.29, 0.717) is 13.2 Å². The van der Waals surface area contributed by atoms with Gasteiger partial charge in [-0.15, -0.1) is 0 Å². The van der Waals surface area contributed by atoms with Gasteiger partial charge in [0.05, 0.1) is 23.1 Å². The summed E-state index contributed by atoms with van der Waals surface area (Å²) in [5, 5.41) is 22.8. The second-order valence-corrected chi connectivity index (χ2v) is 4.61. The van der Waals surface area contributed by atoms with Crippen molar-refractivity contribution in [2.24, 2.45) is 5.92 Å². The van der Waals surface area contributed by atoms with E-state index in [9.17, 15) is 10.1 Å². The molecule has 1 heterocycles. The summed E-state index contributed by atoms with van der Waals surface area (Å²) in [5.74, 6) is 0.381. The highest BCUT2D eigenvalue weighted by Gasteiger charge is 2.21. The van der Waals surface area contributed by atoms with Crippen LogP contribution in [0.25, 0.3) is 0 Å². The van der Waals surface area contributed by atoms with Crippen molar-refractivity contribution in [3.05, 3.63) is 27.9 Å². The van der Waals surface area contributed by atoms with E-state index in [1.54, 1.807) is 0 Å². The monoisotopic (exact) mass is 278 g/mol. The number of ether oxygens (including phenoxy) is 1. The number of nitrogens with zero attached hydrogens (tertiary/aromatic N) is 3. The van der Waals surface area contributed by atoms with Crippen molar-refractivity contribution < 1.29 is 9.66 Å². The zero-order chi connectivity index (χ0) is 15.1. The molecule has 0 saturated heterocycles. The maximum atomic E-state index is 11.0. The number of nitro groups is 1. The predicted octanol–water partition coefficient (Wildman–Crippen LogP) is 2.33. The van der Waals surface area contributed by atoms with Crippen LogP contribution in [0.15, 0.2) is 12.3 Å². The van der Waals surface area contributed by atoms with Crippen LogP contribution >= 0.6 is 0 Å². The molecule has 20 heavy (non-hydrogen) atoms. The molecule has 1 atom stereocenters. The molecule has 1 rings (SSSR count). The highest BCUT2D eigenvalue weighted by Crippen LogP contribution is 2.24. The number of rotatable bonds is 7. The molecule has 0 spiro atoms. The lowest BCUT2D eigenvalue weighted by Crippen LogP contribution is -2.31. The number of hydrogen-bond acceptors (Lipinski definition) is 6. The first-order chi connectivity index (χ1) is 9.49. The molecule has 1 unspecified atom stereocenters. The van der Waals surface area contributed by atoms with E-state index < -0.39 is 4.92 Å². The number of aromatic nitrogens is 1. The summed E-state index contributed by atoms with van der Waals surface area (Å²) in [4.78, 5) is 14.5. The van der Waals surface area contributed by atoms with Gasteiger partial charge in [-0.25, -0.2) is 4.98 Å². The van der Waals surface area contributed by atoms with Gasteiger partial charge in [0.1, 0.15) is 6.07 Å². The van der Waals surface area contributed by atoms with Gasteiger partial charge >= 0.3 is 5.69 Å². The molecule has 0 aliphatic heterocycles. The second-order valence-electron chi connectivity index (χ2n) is 4.61. The van der Waals surface area contributed by atoms with E-state index in [1.807, 2.05) is 26.8 Å². The predicted molar refractivity (Wildman–Crippen MR) is 74.3 cm³/mol. The molecule has 0 aliphatic rings. The third kappa shape index (κ3) is 4.17. The van der Waals surface area contributed by atoms with E-state index >= 15 is 0 Å². The fourth-order valence-electron chi connectivity index (χ4n) is 1.59. The van der Waals surface area contributed by atoms with Crippen LogP contribution in [0.5, 0.6) is 0 Å². The van der Waals surface area contributed by atoms with Crippen molar-refractivity contribution in [1.29, 1.82) is 5.26 Å². The quantitative estimate of drug-likeness (QED) is 0.606. The molecule has 108 valence electrons. The smallest absolute Gasteiger partial charge is 0.312 e. The first-order valence-corrected chi connectivity index (χ1v) is 6.38. The first kappa shape index (κ1) is 15.9. The van der Waals surface area contributed by atoms with Gasteiger partial charge in [-0.1, -0.05) is 13.8 Å². The molecule has 0 amide bonds. The molecule has 7 nitrogen and oxygen atoms in total. The van der Waals surface area contributed by atoms with E-state index in [0.717, 1.165) is 0 Å². The van der Waals surface area contributed by atoms with E-state index in [-0.39, 0.29) is 29.0 Å². The van der Waals surface area contributed by atoms with Crippen LogP contribution in [-0.4, -0.2) is 29.2 Å². The molecule has 0 bridgehead atoms. The largest absolute Gasteiger partial charge is 0.380 e. The maximum Gasteiger partial charge on any atom is 0.312 e. The number of nitrogens with one attached hydrogen (secondary N) is 1. The Labute approximate surface area is 117 Å². The minimum Gasteiger partial charge on any atom is -0.380 e. The van der Waals surface area contributed by atoms with Gasteiger partial charge in [-0.2, -0.15) is 5.26 Å². The SMILES string of the molecule is CCOCC(Nc1ncc(C#N)cc1[N+](=O)[O-])C(C)C. The lowest BCUT2D eigenvalue weighted by molar-refractivity contribution is -0.384. The van der Waals surface area contributed by atoms with E-state index in [2.05, 4.69) is 10.3 Å². The second kappa shape index (κ2) is 7.40. The van der Waals surface area contributed by atoms with Crippen molar-refractivity contribution in [2.75, 3.05) is 18.5 Å². The number of hydrogen-bond donors (Lipinski definition) is 1. The normalized spacial score (nSPS) is 11.9. The Balaban J connectivity index is 3.00. The van der Waals surface area contributed by atoms with Crippen LogP contribution in [0.1, 0.15) is 26.3 Å². The highest BCUT2D eigenvalue weighted by molar-refractivity contribution is 5.58. The Hall–Kier alpha value is -2.20. The van der Waals surface area contributed by atoms with Gasteiger partial charge in [-0.3, -0.25) is 10.1 Å². The maximum absolute atomic E-state index is 11.0. The van der Waals surface area contributed by atoms with E-state index in [1.165, 1.54) is 12.3 Å². The third-order valence-corrected chi connectivity index (χ3v) is 2.82. The minimum atomic E-state index is -0.547. The molecule has 0 radical (unpaired) electrons. The summed E-state index contributed by atoms with van der Waals surface area (Å²) >= 11 is 0. The van der Waals surface area contributed by atoms with Crippen molar-refractivity contribution in [3.63, 3.8) is 0 Å². The minimum absolute atomic E-state index is 0.0888. The van der Waals surface area contributed by atoms with Crippen LogP contribution < -0.4 is 5.32 Å². The number of anilines is 1. The topological polar surface area (TPSA) is 101 Å². The van der Waals surface area contributed by atoms with Crippen LogP contribution in [0, 0.1) is 27.4 Å². The Bertz CT molecular complexity index is 511. The highest BCUT2D eigenvalue weighted by atomic mass is 16.6. The lowest BCUT2D eigenvalue weighted by Gasteiger charge is -2.22. The van der Waals surface area contributed by atoms with Crippen LogP contribution in [0.3, 0.4) is 0 Å². The molecule has 0 fully saturated rings. The zero-order valence-electron chi connectivity index (χ0n) is 11.8.